The standard InChI is InChI=1S/C10H15N3O2S/c1-2-3-7-4-8(15-9(7)14)5-16-10-11-6-12-13-10/h6-8H,2-5H2,1H3,(H,11,12,13)/t7-,8-/m0/s1. The second-order valence-corrected chi connectivity index (χ2v) is 4.89. The Bertz CT molecular complexity index is 342. The smallest absolute Gasteiger partial charge is 0.309 e. The van der Waals surface area contributed by atoms with E-state index in [0.717, 1.165) is 30.2 Å². The number of aromatic nitrogens is 3. The van der Waals surface area contributed by atoms with Gasteiger partial charge in [-0.05, 0) is 12.8 Å². The van der Waals surface area contributed by atoms with Crippen LogP contribution in [0.2, 0.25) is 0 Å². The van der Waals surface area contributed by atoms with E-state index in [1.165, 1.54) is 6.33 Å². The number of ether oxygens (including phenoxy) is 1. The summed E-state index contributed by atoms with van der Waals surface area (Å²) in [6.45, 7) is 2.09. The summed E-state index contributed by atoms with van der Waals surface area (Å²) in [7, 11) is 0. The number of nitrogens with zero attached hydrogens (tertiary/aromatic N) is 2. The molecule has 2 heterocycles. The van der Waals surface area contributed by atoms with Gasteiger partial charge in [0.25, 0.3) is 0 Å². The number of H-pyrrole nitrogens is 1. The van der Waals surface area contributed by atoms with Crippen LogP contribution in [0.3, 0.4) is 0 Å². The molecule has 1 aromatic heterocycles. The molecule has 1 fully saturated rings. The van der Waals surface area contributed by atoms with Crippen molar-refractivity contribution in [3.63, 3.8) is 0 Å². The number of hydrogen-bond donors (Lipinski definition) is 1. The van der Waals surface area contributed by atoms with E-state index in [2.05, 4.69) is 22.1 Å². The van der Waals surface area contributed by atoms with E-state index in [0.29, 0.717) is 0 Å². The van der Waals surface area contributed by atoms with Crippen molar-refractivity contribution in [2.75, 3.05) is 5.75 Å². The molecule has 1 aliphatic rings. The summed E-state index contributed by atoms with van der Waals surface area (Å²) in [5.41, 5.74) is 0. The van der Waals surface area contributed by atoms with Gasteiger partial charge in [0.05, 0.1) is 5.92 Å². The van der Waals surface area contributed by atoms with E-state index in [1.807, 2.05) is 0 Å². The maximum Gasteiger partial charge on any atom is 0.309 e. The van der Waals surface area contributed by atoms with E-state index in [-0.39, 0.29) is 18.0 Å². The number of carbonyl (C=O) groups excluding carboxylic acids is 1. The molecule has 2 atom stereocenters. The van der Waals surface area contributed by atoms with E-state index < -0.39 is 0 Å². The van der Waals surface area contributed by atoms with E-state index >= 15 is 0 Å². The van der Waals surface area contributed by atoms with Crippen molar-refractivity contribution < 1.29 is 9.53 Å². The highest BCUT2D eigenvalue weighted by Gasteiger charge is 2.33. The summed E-state index contributed by atoms with van der Waals surface area (Å²) in [6.07, 6.45) is 4.31. The maximum absolute atomic E-state index is 11.5. The van der Waals surface area contributed by atoms with Crippen molar-refractivity contribution in [2.45, 2.75) is 37.4 Å². The molecule has 1 aromatic rings. The fourth-order valence-corrected chi connectivity index (χ4v) is 2.63. The molecule has 16 heavy (non-hydrogen) atoms. The lowest BCUT2D eigenvalue weighted by Crippen LogP contribution is -2.09. The summed E-state index contributed by atoms with van der Waals surface area (Å²) in [6, 6.07) is 0. The monoisotopic (exact) mass is 241 g/mol. The van der Waals surface area contributed by atoms with Gasteiger partial charge < -0.3 is 4.74 Å². The van der Waals surface area contributed by atoms with Gasteiger partial charge in [-0.1, -0.05) is 25.1 Å². The molecule has 0 saturated carbocycles. The van der Waals surface area contributed by atoms with Crippen molar-refractivity contribution in [1.29, 1.82) is 0 Å². The zero-order valence-corrected chi connectivity index (χ0v) is 10.00. The topological polar surface area (TPSA) is 67.9 Å². The van der Waals surface area contributed by atoms with Gasteiger partial charge >= 0.3 is 5.97 Å². The summed E-state index contributed by atoms with van der Waals surface area (Å²) in [4.78, 5) is 15.5. The fourth-order valence-electron chi connectivity index (χ4n) is 1.84. The van der Waals surface area contributed by atoms with E-state index in [9.17, 15) is 4.79 Å². The molecule has 2 rings (SSSR count). The minimum absolute atomic E-state index is 0.0270. The zero-order chi connectivity index (χ0) is 11.4. The Balaban J connectivity index is 1.78. The normalized spacial score (nSPS) is 24.7. The predicted molar refractivity (Wildman–Crippen MR) is 60.0 cm³/mol. The molecule has 5 nitrogen and oxygen atoms in total. The molecule has 1 aliphatic heterocycles. The number of carbonyl (C=O) groups is 1. The average molecular weight is 241 g/mol. The van der Waals surface area contributed by atoms with Crippen LogP contribution < -0.4 is 0 Å². The van der Waals surface area contributed by atoms with Crippen molar-refractivity contribution >= 4 is 17.7 Å². The van der Waals surface area contributed by atoms with Crippen LogP contribution in [-0.4, -0.2) is 33.0 Å². The zero-order valence-electron chi connectivity index (χ0n) is 9.18. The van der Waals surface area contributed by atoms with Crippen LogP contribution in [0, 0.1) is 5.92 Å². The maximum atomic E-state index is 11.5. The molecule has 1 saturated heterocycles. The highest BCUT2D eigenvalue weighted by molar-refractivity contribution is 7.99. The Morgan fingerprint density at radius 2 is 2.56 bits per heavy atom. The third kappa shape index (κ3) is 2.75. The summed E-state index contributed by atoms with van der Waals surface area (Å²) < 4.78 is 5.30. The van der Waals surface area contributed by atoms with Crippen LogP contribution in [-0.2, 0) is 9.53 Å². The third-order valence-electron chi connectivity index (χ3n) is 2.60. The van der Waals surface area contributed by atoms with Crippen LogP contribution in [0.5, 0.6) is 0 Å². The Morgan fingerprint density at radius 1 is 1.69 bits per heavy atom. The van der Waals surface area contributed by atoms with Gasteiger partial charge in [-0.25, -0.2) is 4.98 Å². The van der Waals surface area contributed by atoms with Crippen LogP contribution in [0.15, 0.2) is 11.5 Å². The summed E-state index contributed by atoms with van der Waals surface area (Å²) in [5.74, 6) is 0.816. The molecule has 6 heteroatoms. The van der Waals surface area contributed by atoms with Crippen LogP contribution >= 0.6 is 11.8 Å². The van der Waals surface area contributed by atoms with Gasteiger partial charge in [0.1, 0.15) is 12.4 Å². The minimum Gasteiger partial charge on any atom is -0.461 e. The van der Waals surface area contributed by atoms with Crippen LogP contribution in [0.1, 0.15) is 26.2 Å². The number of aromatic amines is 1. The quantitative estimate of drug-likeness (QED) is 0.627. The Labute approximate surface area is 98.4 Å². The number of rotatable bonds is 5. The third-order valence-corrected chi connectivity index (χ3v) is 3.61. The lowest BCUT2D eigenvalue weighted by atomic mass is 10.0. The lowest BCUT2D eigenvalue weighted by Gasteiger charge is -2.06. The number of thioether (sulfide) groups is 1. The van der Waals surface area contributed by atoms with Gasteiger partial charge in [0, 0.05) is 5.75 Å². The highest BCUT2D eigenvalue weighted by Crippen LogP contribution is 2.28. The predicted octanol–water partition coefficient (Wildman–Crippen LogP) is 1.63. The van der Waals surface area contributed by atoms with Crippen molar-refractivity contribution in [2.24, 2.45) is 5.92 Å². The molecular formula is C10H15N3O2S. The second-order valence-electron chi connectivity index (χ2n) is 3.88. The average Bonchev–Trinajstić information content (AvgIpc) is 2.87. The Kier molecular flexibility index (Phi) is 3.82. The Morgan fingerprint density at radius 3 is 3.25 bits per heavy atom. The SMILES string of the molecule is CCC[C@H]1C[C@@H](CSc2ncn[nH]2)OC1=O. The highest BCUT2D eigenvalue weighted by atomic mass is 32.2. The lowest BCUT2D eigenvalue weighted by molar-refractivity contribution is -0.143. The van der Waals surface area contributed by atoms with E-state index in [1.54, 1.807) is 11.8 Å². The van der Waals surface area contributed by atoms with Gasteiger partial charge in [-0.3, -0.25) is 9.89 Å². The van der Waals surface area contributed by atoms with Gasteiger partial charge in [0.2, 0.25) is 0 Å². The van der Waals surface area contributed by atoms with Crippen molar-refractivity contribution in [1.82, 2.24) is 15.2 Å². The van der Waals surface area contributed by atoms with Gasteiger partial charge in [-0.2, -0.15) is 5.10 Å². The first-order valence-corrected chi connectivity index (χ1v) is 6.46. The number of esters is 1. The molecule has 0 amide bonds. The first-order valence-electron chi connectivity index (χ1n) is 5.48. The van der Waals surface area contributed by atoms with Crippen molar-refractivity contribution in [3.8, 4) is 0 Å². The minimum atomic E-state index is -0.0370. The van der Waals surface area contributed by atoms with Gasteiger partial charge in [0.15, 0.2) is 5.16 Å². The molecule has 0 aromatic carbocycles. The largest absolute Gasteiger partial charge is 0.461 e. The molecule has 0 radical (unpaired) electrons. The number of nitrogens with one attached hydrogen (secondary N) is 1. The summed E-state index contributed by atoms with van der Waals surface area (Å²) in [5, 5.41) is 7.31. The molecule has 1 N–H and O–H groups in total. The van der Waals surface area contributed by atoms with Crippen molar-refractivity contribution in [3.05, 3.63) is 6.33 Å². The first kappa shape index (κ1) is 11.4. The molecule has 88 valence electrons. The first-order chi connectivity index (χ1) is 7.79. The number of cyclic esters (lactones) is 1. The van der Waals surface area contributed by atoms with Crippen LogP contribution in [0.4, 0.5) is 0 Å². The van der Waals surface area contributed by atoms with Crippen LogP contribution in [0.25, 0.3) is 0 Å². The molecule has 0 unspecified atom stereocenters. The molecule has 0 aliphatic carbocycles. The molecule has 0 bridgehead atoms. The fraction of sp³-hybridized carbons (Fsp3) is 0.700. The summed E-state index contributed by atoms with van der Waals surface area (Å²) >= 11 is 1.54. The Hall–Kier alpha value is -1.04. The van der Waals surface area contributed by atoms with E-state index in [4.69, 9.17) is 4.74 Å². The molecular weight excluding hydrogens is 226 g/mol. The number of hydrogen-bond acceptors (Lipinski definition) is 5. The molecule has 0 spiro atoms. The second kappa shape index (κ2) is 5.34. The van der Waals surface area contributed by atoms with Gasteiger partial charge in [-0.15, -0.1) is 0 Å².